The van der Waals surface area contributed by atoms with Gasteiger partial charge in [0.05, 0.1) is 6.54 Å². The average molecular weight is 498 g/mol. The van der Waals surface area contributed by atoms with Gasteiger partial charge in [0.2, 0.25) is 0 Å². The van der Waals surface area contributed by atoms with Gasteiger partial charge in [-0.15, -0.1) is 16.7 Å². The Morgan fingerprint density at radius 1 is 1.46 bits per heavy atom. The van der Waals surface area contributed by atoms with Gasteiger partial charge in [0.25, 0.3) is 6.23 Å². The summed E-state index contributed by atoms with van der Waals surface area (Å²) >= 11 is 10.7. The molecule has 7 nitrogen and oxygen atoms in total. The van der Waals surface area contributed by atoms with Gasteiger partial charge in [0.15, 0.2) is 0 Å². The first-order chi connectivity index (χ1) is 13.1. The van der Waals surface area contributed by atoms with Crippen LogP contribution in [0.15, 0.2) is 0 Å². The minimum atomic E-state index is -0.831. The molecule has 0 bridgehead atoms. The molecule has 0 N–H and O–H groups in total. The summed E-state index contributed by atoms with van der Waals surface area (Å²) in [5, 5.41) is 24.1. The van der Waals surface area contributed by atoms with E-state index < -0.39 is 16.8 Å². The Morgan fingerprint density at radius 3 is 2.75 bits per heavy atom. The van der Waals surface area contributed by atoms with E-state index in [9.17, 15) is 10.0 Å². The van der Waals surface area contributed by atoms with Crippen LogP contribution in [0.1, 0.15) is 58.4 Å². The summed E-state index contributed by atoms with van der Waals surface area (Å²) in [6, 6.07) is 0. The van der Waals surface area contributed by atoms with Crippen LogP contribution >= 0.6 is 38.9 Å². The molecule has 10 heteroatoms. The topological polar surface area (TPSA) is 78.4 Å². The molecule has 0 saturated carbocycles. The van der Waals surface area contributed by atoms with Crippen LogP contribution < -0.4 is 4.65 Å². The molecule has 1 aromatic rings. The molecule has 0 radical (unpaired) electrons. The summed E-state index contributed by atoms with van der Waals surface area (Å²) in [5.41, 5.74) is -0.187. The molecular formula is C18H30BrClN4O3S. The van der Waals surface area contributed by atoms with Gasteiger partial charge >= 0.3 is 11.1 Å². The molecule has 3 unspecified atom stereocenters. The average Bonchev–Trinajstić information content (AvgIpc) is 3.20. The van der Waals surface area contributed by atoms with Crippen molar-refractivity contribution < 1.29 is 9.53 Å². The molecule has 0 spiro atoms. The van der Waals surface area contributed by atoms with Crippen LogP contribution in [0, 0.1) is 5.21 Å². The quantitative estimate of drug-likeness (QED) is 0.166. The van der Waals surface area contributed by atoms with E-state index in [1.54, 1.807) is 0 Å². The number of rotatable bonds is 9. The number of nitrogens with zero attached hydrogens (tertiary/aromatic N) is 4. The highest BCUT2D eigenvalue weighted by molar-refractivity contribution is 9.09. The van der Waals surface area contributed by atoms with Crippen molar-refractivity contribution in [1.82, 2.24) is 19.7 Å². The number of alkyl halides is 2. The third-order valence-electron chi connectivity index (χ3n) is 4.54. The van der Waals surface area contributed by atoms with Gasteiger partial charge in [-0.25, -0.2) is 4.90 Å². The number of carbonyl (C=O) groups is 1. The first-order valence-electron chi connectivity index (χ1n) is 9.61. The number of esters is 1. The van der Waals surface area contributed by atoms with E-state index in [1.807, 2.05) is 27.7 Å². The van der Waals surface area contributed by atoms with Gasteiger partial charge in [-0.2, -0.15) is 0 Å². The monoisotopic (exact) mass is 496 g/mol. The number of aromatic nitrogens is 2. The van der Waals surface area contributed by atoms with Crippen LogP contribution in [0.25, 0.3) is 0 Å². The lowest BCUT2D eigenvalue weighted by molar-refractivity contribution is -0.153. The molecule has 2 heterocycles. The van der Waals surface area contributed by atoms with Crippen LogP contribution in [0.2, 0.25) is 0 Å². The number of hydrogen-bond donors (Lipinski definition) is 0. The number of carbonyl (C=O) groups excluding carboxylic acids is 1. The second kappa shape index (κ2) is 10.1. The van der Waals surface area contributed by atoms with Gasteiger partial charge in [0.1, 0.15) is 11.7 Å². The molecule has 2 rings (SSSR count). The summed E-state index contributed by atoms with van der Waals surface area (Å²) in [5.74, 6) is -0.390. The third kappa shape index (κ3) is 6.34. The van der Waals surface area contributed by atoms with Crippen molar-refractivity contribution in [2.24, 2.45) is 0 Å². The number of quaternary nitrogens is 1. The largest absolute Gasteiger partial charge is 0.622 e. The lowest BCUT2D eigenvalue weighted by atomic mass is 9.98. The zero-order valence-electron chi connectivity index (χ0n) is 17.0. The molecule has 1 aromatic heterocycles. The Morgan fingerprint density at radius 2 is 2.18 bits per heavy atom. The van der Waals surface area contributed by atoms with Crippen molar-refractivity contribution >= 4 is 50.0 Å². The highest BCUT2D eigenvalue weighted by atomic mass is 79.9. The van der Waals surface area contributed by atoms with E-state index in [-0.39, 0.29) is 23.9 Å². The van der Waals surface area contributed by atoms with E-state index in [2.05, 4.69) is 31.0 Å². The van der Waals surface area contributed by atoms with E-state index in [1.165, 1.54) is 11.3 Å². The highest BCUT2D eigenvalue weighted by Gasteiger charge is 2.46. The maximum Gasteiger partial charge on any atom is 0.310 e. The summed E-state index contributed by atoms with van der Waals surface area (Å²) in [6.07, 6.45) is 1.89. The van der Waals surface area contributed by atoms with Gasteiger partial charge < -0.3 is 9.94 Å². The molecule has 0 aliphatic carbocycles. The van der Waals surface area contributed by atoms with E-state index in [0.717, 1.165) is 29.7 Å². The fourth-order valence-corrected chi connectivity index (χ4v) is 4.37. The smallest absolute Gasteiger partial charge is 0.310 e. The van der Waals surface area contributed by atoms with Gasteiger partial charge in [-0.1, -0.05) is 41.8 Å². The number of halogens is 2. The minimum absolute atomic E-state index is 0.110. The SMILES string of the molecule is CC(Cl)CCC(=O)OC1CN(CCCCBr)C[N+]1([O-])c1nnc(C(C)(C)C)s1. The Balaban J connectivity index is 2.17. The highest BCUT2D eigenvalue weighted by Crippen LogP contribution is 2.37. The van der Waals surface area contributed by atoms with Crippen molar-refractivity contribution in [2.45, 2.75) is 70.4 Å². The number of unbranched alkanes of at least 4 members (excludes halogenated alkanes) is 1. The molecule has 3 atom stereocenters. The van der Waals surface area contributed by atoms with Crippen LogP contribution in [-0.2, 0) is 14.9 Å². The molecule has 1 aliphatic rings. The summed E-state index contributed by atoms with van der Waals surface area (Å²) in [4.78, 5) is 14.3. The molecule has 0 amide bonds. The number of hydrogen-bond acceptors (Lipinski definition) is 7. The fourth-order valence-electron chi connectivity index (χ4n) is 2.90. The standard InChI is InChI=1S/C18H30BrClN4O3S/c1-13(20)7-8-15(25)27-14-11-23(10-6-5-9-19)12-24(14,26)17-22-21-16(28-17)18(2,3)4/h13-14H,5-12H2,1-4H3. The van der Waals surface area contributed by atoms with Crippen molar-refractivity contribution in [3.05, 3.63) is 10.2 Å². The van der Waals surface area contributed by atoms with Crippen LogP contribution in [0.4, 0.5) is 5.13 Å². The van der Waals surface area contributed by atoms with E-state index in [4.69, 9.17) is 16.3 Å². The third-order valence-corrected chi connectivity index (χ3v) is 6.78. The molecule has 1 fully saturated rings. The number of ether oxygens (including phenoxy) is 1. The summed E-state index contributed by atoms with van der Waals surface area (Å²) < 4.78 is 4.83. The molecule has 28 heavy (non-hydrogen) atoms. The first kappa shape index (κ1) is 24.0. The molecule has 0 aromatic carbocycles. The zero-order chi connectivity index (χ0) is 20.9. The van der Waals surface area contributed by atoms with Gasteiger partial charge in [0, 0.05) is 29.1 Å². The van der Waals surface area contributed by atoms with E-state index in [0.29, 0.717) is 18.1 Å². The Labute approximate surface area is 184 Å². The lowest BCUT2D eigenvalue weighted by Crippen LogP contribution is -2.51. The Hall–Kier alpha value is -0.320. The fraction of sp³-hybridized carbons (Fsp3) is 0.833. The zero-order valence-corrected chi connectivity index (χ0v) is 20.1. The molecule has 1 saturated heterocycles. The lowest BCUT2D eigenvalue weighted by Gasteiger charge is -2.38. The molecule has 1 aliphatic heterocycles. The normalized spacial score (nSPS) is 24.5. The maximum absolute atomic E-state index is 13.8. The molecular weight excluding hydrogens is 468 g/mol. The number of hydroxylamine groups is 2. The molecule has 160 valence electrons. The predicted octanol–water partition coefficient (Wildman–Crippen LogP) is 4.37. The van der Waals surface area contributed by atoms with Crippen molar-refractivity contribution in [1.29, 1.82) is 0 Å². The van der Waals surface area contributed by atoms with Crippen molar-refractivity contribution in [3.8, 4) is 0 Å². The van der Waals surface area contributed by atoms with Crippen LogP contribution in [-0.4, -0.2) is 57.8 Å². The maximum atomic E-state index is 13.8. The predicted molar refractivity (Wildman–Crippen MR) is 118 cm³/mol. The van der Waals surface area contributed by atoms with E-state index >= 15 is 0 Å². The minimum Gasteiger partial charge on any atom is -0.622 e. The van der Waals surface area contributed by atoms with Gasteiger partial charge in [-0.05, 0) is 37.5 Å². The van der Waals surface area contributed by atoms with Gasteiger partial charge in [-0.3, -0.25) is 9.44 Å². The Kier molecular flexibility index (Phi) is 8.66. The van der Waals surface area contributed by atoms with Crippen LogP contribution in [0.3, 0.4) is 0 Å². The van der Waals surface area contributed by atoms with Crippen molar-refractivity contribution in [2.75, 3.05) is 25.1 Å². The first-order valence-corrected chi connectivity index (χ1v) is 12.0. The second-order valence-electron chi connectivity index (χ2n) is 8.31. The van der Waals surface area contributed by atoms with Crippen molar-refractivity contribution in [3.63, 3.8) is 0 Å². The summed E-state index contributed by atoms with van der Waals surface area (Å²) in [7, 11) is 0. The second-order valence-corrected chi connectivity index (χ2v) is 10.8. The summed E-state index contributed by atoms with van der Waals surface area (Å²) in [6.45, 7) is 9.34. The Bertz CT molecular complexity index is 655. The van der Waals surface area contributed by atoms with Crippen LogP contribution in [0.5, 0.6) is 0 Å².